The fourth-order valence-electron chi connectivity index (χ4n) is 1.50. The van der Waals surface area contributed by atoms with Crippen molar-refractivity contribution in [3.05, 3.63) is 28.2 Å². The molecule has 0 unspecified atom stereocenters. The molecule has 0 atom stereocenters. The summed E-state index contributed by atoms with van der Waals surface area (Å²) in [6, 6.07) is 4.83. The lowest BCUT2D eigenvalue weighted by Gasteiger charge is -2.18. The number of carbonyl (C=O) groups excluding carboxylic acids is 2. The lowest BCUT2D eigenvalue weighted by molar-refractivity contribution is -0.142. The molecule has 110 valence electrons. The van der Waals surface area contributed by atoms with Crippen molar-refractivity contribution in [1.29, 1.82) is 0 Å². The number of ether oxygens (including phenoxy) is 1. The van der Waals surface area contributed by atoms with E-state index in [9.17, 15) is 9.59 Å². The fourth-order valence-corrected chi connectivity index (χ4v) is 1.80. The Balaban J connectivity index is 2.57. The third-order valence-electron chi connectivity index (χ3n) is 2.60. The minimum absolute atomic E-state index is 0.0712. The number of hydrogen-bond acceptors (Lipinski definition) is 4. The molecule has 1 N–H and O–H groups in total. The van der Waals surface area contributed by atoms with Crippen LogP contribution in [0.4, 0.5) is 5.69 Å². The molecule has 0 bridgehead atoms. The molecule has 0 aliphatic rings. The highest BCUT2D eigenvalue weighted by atomic mass is 35.5. The van der Waals surface area contributed by atoms with Crippen molar-refractivity contribution in [3.63, 3.8) is 0 Å². The maximum Gasteiger partial charge on any atom is 0.319 e. The molecule has 0 spiro atoms. The lowest BCUT2D eigenvalue weighted by atomic mass is 10.3. The molecule has 0 saturated carbocycles. The highest BCUT2D eigenvalue weighted by Crippen LogP contribution is 2.24. The Morgan fingerprint density at radius 3 is 2.50 bits per heavy atom. The third-order valence-corrected chi connectivity index (χ3v) is 3.34. The second-order valence-corrected chi connectivity index (χ2v) is 4.87. The van der Waals surface area contributed by atoms with Crippen molar-refractivity contribution in [3.8, 4) is 0 Å². The predicted molar refractivity (Wildman–Crippen MR) is 79.2 cm³/mol. The van der Waals surface area contributed by atoms with E-state index in [1.54, 1.807) is 23.1 Å². The number of halogens is 2. The number of benzene rings is 1. The van der Waals surface area contributed by atoms with Crippen LogP contribution in [0.3, 0.4) is 0 Å². The Morgan fingerprint density at radius 2 is 1.95 bits per heavy atom. The molecule has 0 aliphatic carbocycles. The van der Waals surface area contributed by atoms with E-state index in [-0.39, 0.29) is 25.0 Å². The monoisotopic (exact) mass is 318 g/mol. The van der Waals surface area contributed by atoms with Gasteiger partial charge in [-0.05, 0) is 24.7 Å². The molecule has 0 heterocycles. The van der Waals surface area contributed by atoms with Crippen LogP contribution >= 0.6 is 23.2 Å². The van der Waals surface area contributed by atoms with Crippen LogP contribution in [0.25, 0.3) is 0 Å². The first-order valence-corrected chi connectivity index (χ1v) is 6.76. The Labute approximate surface area is 127 Å². The second kappa shape index (κ2) is 8.09. The first-order valence-electron chi connectivity index (χ1n) is 6.00. The number of amides is 1. The number of carbonyl (C=O) groups is 2. The summed E-state index contributed by atoms with van der Waals surface area (Å²) in [6.07, 6.45) is 0. The molecule has 0 fully saturated rings. The first-order chi connectivity index (χ1) is 9.46. The summed E-state index contributed by atoms with van der Waals surface area (Å²) in [5, 5.41) is 3.48. The fraction of sp³-hybridized carbons (Fsp3) is 0.385. The zero-order chi connectivity index (χ0) is 15.1. The van der Waals surface area contributed by atoms with Crippen molar-refractivity contribution >= 4 is 40.8 Å². The van der Waals surface area contributed by atoms with Gasteiger partial charge in [0, 0.05) is 5.69 Å². The van der Waals surface area contributed by atoms with Crippen LogP contribution < -0.4 is 5.32 Å². The van der Waals surface area contributed by atoms with Crippen LogP contribution in [-0.2, 0) is 14.3 Å². The van der Waals surface area contributed by atoms with Gasteiger partial charge in [0.15, 0.2) is 0 Å². The van der Waals surface area contributed by atoms with Crippen molar-refractivity contribution < 1.29 is 14.3 Å². The molecule has 5 nitrogen and oxygen atoms in total. The van der Waals surface area contributed by atoms with Crippen LogP contribution in [0.2, 0.25) is 10.0 Å². The van der Waals surface area contributed by atoms with E-state index in [0.29, 0.717) is 22.3 Å². The Bertz CT molecular complexity index is 495. The van der Waals surface area contributed by atoms with Gasteiger partial charge in [-0.25, -0.2) is 0 Å². The molecule has 7 heteroatoms. The number of hydrogen-bond donors (Lipinski definition) is 1. The largest absolute Gasteiger partial charge is 0.468 e. The van der Waals surface area contributed by atoms with Crippen molar-refractivity contribution in [1.82, 2.24) is 4.90 Å². The van der Waals surface area contributed by atoms with Crippen LogP contribution in [0.15, 0.2) is 18.2 Å². The number of nitrogens with zero attached hydrogens (tertiary/aromatic N) is 1. The van der Waals surface area contributed by atoms with E-state index in [4.69, 9.17) is 23.2 Å². The van der Waals surface area contributed by atoms with Gasteiger partial charge in [0.05, 0.1) is 30.2 Å². The average molecular weight is 319 g/mol. The molecular formula is C13H16Cl2N2O3. The van der Waals surface area contributed by atoms with Gasteiger partial charge in [-0.1, -0.05) is 30.1 Å². The molecule has 0 aliphatic heterocycles. The molecular weight excluding hydrogens is 303 g/mol. The summed E-state index contributed by atoms with van der Waals surface area (Å²) in [4.78, 5) is 24.7. The highest BCUT2D eigenvalue weighted by molar-refractivity contribution is 6.42. The quantitative estimate of drug-likeness (QED) is 0.818. The standard InChI is InChI=1S/C13H16Cl2N2O3/c1-3-17(8-13(19)20-2)7-12(18)16-9-4-5-10(14)11(15)6-9/h4-6H,3,7-8H2,1-2H3,(H,16,18). The van der Waals surface area contributed by atoms with Gasteiger partial charge in [0.2, 0.25) is 5.91 Å². The maximum absolute atomic E-state index is 11.9. The molecule has 1 rings (SSSR count). The van der Waals surface area contributed by atoms with Gasteiger partial charge in [-0.15, -0.1) is 0 Å². The molecule has 0 radical (unpaired) electrons. The summed E-state index contributed by atoms with van der Waals surface area (Å²) in [7, 11) is 1.31. The topological polar surface area (TPSA) is 58.6 Å². The molecule has 1 aromatic carbocycles. The van der Waals surface area contributed by atoms with Gasteiger partial charge in [-0.3, -0.25) is 14.5 Å². The Morgan fingerprint density at radius 1 is 1.25 bits per heavy atom. The van der Waals surface area contributed by atoms with E-state index in [0.717, 1.165) is 0 Å². The van der Waals surface area contributed by atoms with E-state index >= 15 is 0 Å². The molecule has 1 amide bonds. The van der Waals surface area contributed by atoms with Crippen molar-refractivity contribution in [2.75, 3.05) is 32.1 Å². The van der Waals surface area contributed by atoms with E-state index in [1.165, 1.54) is 7.11 Å². The summed E-state index contributed by atoms with van der Waals surface area (Å²) in [5.41, 5.74) is 0.554. The molecule has 20 heavy (non-hydrogen) atoms. The summed E-state index contributed by atoms with van der Waals surface area (Å²) < 4.78 is 4.57. The highest BCUT2D eigenvalue weighted by Gasteiger charge is 2.13. The van der Waals surface area contributed by atoms with Gasteiger partial charge in [0.1, 0.15) is 0 Å². The first kappa shape index (κ1) is 16.8. The second-order valence-electron chi connectivity index (χ2n) is 4.06. The summed E-state index contributed by atoms with van der Waals surface area (Å²) >= 11 is 11.7. The zero-order valence-electron chi connectivity index (χ0n) is 11.3. The Kier molecular flexibility index (Phi) is 6.78. The number of likely N-dealkylation sites (N-methyl/N-ethyl adjacent to an activating group) is 1. The molecule has 0 aromatic heterocycles. The summed E-state index contributed by atoms with van der Waals surface area (Å²) in [6.45, 7) is 2.58. The van der Waals surface area contributed by atoms with E-state index in [2.05, 4.69) is 10.1 Å². The smallest absolute Gasteiger partial charge is 0.319 e. The van der Waals surface area contributed by atoms with Crippen LogP contribution in [0, 0.1) is 0 Å². The predicted octanol–water partition coefficient (Wildman–Crippen LogP) is 2.43. The zero-order valence-corrected chi connectivity index (χ0v) is 12.8. The van der Waals surface area contributed by atoms with Crippen LogP contribution in [0.1, 0.15) is 6.92 Å². The number of rotatable bonds is 6. The minimum Gasteiger partial charge on any atom is -0.468 e. The number of nitrogens with one attached hydrogen (secondary N) is 1. The lowest BCUT2D eigenvalue weighted by Crippen LogP contribution is -2.37. The SMILES string of the molecule is CCN(CC(=O)Nc1ccc(Cl)c(Cl)c1)CC(=O)OC. The maximum atomic E-state index is 11.9. The third kappa shape index (κ3) is 5.36. The average Bonchev–Trinajstić information content (AvgIpc) is 2.41. The van der Waals surface area contributed by atoms with Gasteiger partial charge in [-0.2, -0.15) is 0 Å². The number of anilines is 1. The Hall–Kier alpha value is -1.30. The van der Waals surface area contributed by atoms with Crippen molar-refractivity contribution in [2.24, 2.45) is 0 Å². The normalized spacial score (nSPS) is 10.4. The van der Waals surface area contributed by atoms with E-state index < -0.39 is 0 Å². The summed E-state index contributed by atoms with van der Waals surface area (Å²) in [5.74, 6) is -0.622. The van der Waals surface area contributed by atoms with Gasteiger partial charge < -0.3 is 10.1 Å². The van der Waals surface area contributed by atoms with Gasteiger partial charge in [0.25, 0.3) is 0 Å². The molecule has 0 saturated heterocycles. The number of methoxy groups -OCH3 is 1. The van der Waals surface area contributed by atoms with Crippen LogP contribution in [-0.4, -0.2) is 43.5 Å². The minimum atomic E-state index is -0.380. The van der Waals surface area contributed by atoms with Crippen LogP contribution in [0.5, 0.6) is 0 Å². The molecule has 1 aromatic rings. The van der Waals surface area contributed by atoms with Gasteiger partial charge >= 0.3 is 5.97 Å². The van der Waals surface area contributed by atoms with E-state index in [1.807, 2.05) is 6.92 Å². The number of esters is 1. The van der Waals surface area contributed by atoms with Crippen molar-refractivity contribution in [2.45, 2.75) is 6.92 Å².